The molecule has 0 radical (unpaired) electrons. The number of halogens is 7. The first-order valence-electron chi connectivity index (χ1n) is 5.18. The highest BCUT2D eigenvalue weighted by Gasteiger charge is 2.34. The van der Waals surface area contributed by atoms with Crippen LogP contribution in [0.25, 0.3) is 0 Å². The van der Waals surface area contributed by atoms with Gasteiger partial charge < -0.3 is 9.47 Å². The SMILES string of the molecule is CC(=O)C(Cl)c1cc(OC(F)(F)F)cc(OC(F)(F)F)c1. The lowest BCUT2D eigenvalue weighted by atomic mass is 10.1. The predicted molar refractivity (Wildman–Crippen MR) is 59.1 cm³/mol. The second kappa shape index (κ2) is 6.00. The van der Waals surface area contributed by atoms with Gasteiger partial charge in [0.2, 0.25) is 0 Å². The summed E-state index contributed by atoms with van der Waals surface area (Å²) in [6.07, 6.45) is -10.2. The van der Waals surface area contributed by atoms with Crippen LogP contribution in [0.3, 0.4) is 0 Å². The fourth-order valence-corrected chi connectivity index (χ4v) is 1.49. The highest BCUT2D eigenvalue weighted by atomic mass is 35.5. The van der Waals surface area contributed by atoms with E-state index >= 15 is 0 Å². The molecule has 0 aliphatic rings. The molecule has 0 saturated carbocycles. The quantitative estimate of drug-likeness (QED) is 0.605. The molecule has 1 unspecified atom stereocenters. The van der Waals surface area contributed by atoms with E-state index in [9.17, 15) is 31.1 Å². The molecule has 1 aromatic carbocycles. The minimum atomic E-state index is -5.12. The maximum absolute atomic E-state index is 12.1. The van der Waals surface area contributed by atoms with E-state index in [1.165, 1.54) is 0 Å². The van der Waals surface area contributed by atoms with Gasteiger partial charge in [-0.3, -0.25) is 4.79 Å². The molecule has 0 heterocycles. The third-order valence-corrected chi connectivity index (χ3v) is 2.58. The van der Waals surface area contributed by atoms with Crippen LogP contribution in [-0.4, -0.2) is 18.5 Å². The van der Waals surface area contributed by atoms with Gasteiger partial charge in [-0.15, -0.1) is 37.9 Å². The minimum absolute atomic E-state index is 0.315. The van der Waals surface area contributed by atoms with Gasteiger partial charge in [0, 0.05) is 6.07 Å². The van der Waals surface area contributed by atoms with Crippen LogP contribution < -0.4 is 9.47 Å². The first-order valence-corrected chi connectivity index (χ1v) is 5.62. The van der Waals surface area contributed by atoms with Gasteiger partial charge in [-0.1, -0.05) is 0 Å². The summed E-state index contributed by atoms with van der Waals surface area (Å²) in [6, 6.07) is 1.79. The molecule has 3 nitrogen and oxygen atoms in total. The van der Waals surface area contributed by atoms with Crippen molar-refractivity contribution in [2.45, 2.75) is 25.0 Å². The van der Waals surface area contributed by atoms with E-state index in [0.717, 1.165) is 6.92 Å². The van der Waals surface area contributed by atoms with Crippen molar-refractivity contribution in [2.75, 3.05) is 0 Å². The average Bonchev–Trinajstić information content (AvgIpc) is 2.22. The zero-order valence-electron chi connectivity index (χ0n) is 10.2. The van der Waals surface area contributed by atoms with Gasteiger partial charge in [0.15, 0.2) is 5.78 Å². The lowest BCUT2D eigenvalue weighted by Gasteiger charge is -2.15. The number of hydrogen-bond acceptors (Lipinski definition) is 3. The Labute approximate surface area is 119 Å². The normalized spacial score (nSPS) is 13.7. The van der Waals surface area contributed by atoms with Crippen molar-refractivity contribution in [1.82, 2.24) is 0 Å². The Morgan fingerprint density at radius 1 is 1.00 bits per heavy atom. The summed E-state index contributed by atoms with van der Waals surface area (Å²) < 4.78 is 79.7. The van der Waals surface area contributed by atoms with Crippen LogP contribution >= 0.6 is 11.6 Å². The topological polar surface area (TPSA) is 35.5 Å². The first kappa shape index (κ1) is 17.4. The van der Waals surface area contributed by atoms with E-state index in [1.54, 1.807) is 0 Å². The molecule has 21 heavy (non-hydrogen) atoms. The van der Waals surface area contributed by atoms with Crippen molar-refractivity contribution >= 4 is 17.4 Å². The minimum Gasteiger partial charge on any atom is -0.406 e. The van der Waals surface area contributed by atoms with Crippen molar-refractivity contribution in [1.29, 1.82) is 0 Å². The monoisotopic (exact) mass is 336 g/mol. The molecule has 0 fully saturated rings. The van der Waals surface area contributed by atoms with E-state index in [4.69, 9.17) is 11.6 Å². The Hall–Kier alpha value is -1.64. The van der Waals surface area contributed by atoms with Gasteiger partial charge in [0.05, 0.1) is 0 Å². The summed E-state index contributed by atoms with van der Waals surface area (Å²) in [4.78, 5) is 11.1. The maximum atomic E-state index is 12.1. The molecule has 0 saturated heterocycles. The molecule has 1 aromatic rings. The largest absolute Gasteiger partial charge is 0.573 e. The Morgan fingerprint density at radius 3 is 1.67 bits per heavy atom. The maximum Gasteiger partial charge on any atom is 0.573 e. The molecule has 118 valence electrons. The standard InChI is InChI=1S/C11H7ClF6O3/c1-5(19)9(12)6-2-7(20-10(13,14)15)4-8(3-6)21-11(16,17)18/h2-4,9H,1H3. The predicted octanol–water partition coefficient (Wildman–Crippen LogP) is 4.35. The fourth-order valence-electron chi connectivity index (χ4n) is 1.36. The third kappa shape index (κ3) is 6.11. The molecular weight excluding hydrogens is 330 g/mol. The summed E-state index contributed by atoms with van der Waals surface area (Å²) in [5.41, 5.74) is -0.315. The van der Waals surface area contributed by atoms with Crippen molar-refractivity contribution in [3.05, 3.63) is 23.8 Å². The van der Waals surface area contributed by atoms with Gasteiger partial charge in [0.25, 0.3) is 0 Å². The van der Waals surface area contributed by atoms with Gasteiger partial charge >= 0.3 is 12.7 Å². The van der Waals surface area contributed by atoms with Crippen LogP contribution in [0.2, 0.25) is 0 Å². The molecular formula is C11H7ClF6O3. The molecule has 0 aliphatic carbocycles. The molecule has 0 bridgehead atoms. The summed E-state index contributed by atoms with van der Waals surface area (Å²) in [5, 5.41) is -1.43. The molecule has 0 amide bonds. The van der Waals surface area contributed by atoms with Crippen molar-refractivity contribution in [2.24, 2.45) is 0 Å². The van der Waals surface area contributed by atoms with Crippen LogP contribution in [0, 0.1) is 0 Å². The first-order chi connectivity index (χ1) is 9.37. The molecule has 0 N–H and O–H groups in total. The summed E-state index contributed by atoms with van der Waals surface area (Å²) >= 11 is 5.60. The van der Waals surface area contributed by atoms with Crippen LogP contribution in [0.15, 0.2) is 18.2 Å². The van der Waals surface area contributed by atoms with E-state index < -0.39 is 35.4 Å². The Kier molecular flexibility index (Phi) is 4.98. The van der Waals surface area contributed by atoms with E-state index in [2.05, 4.69) is 9.47 Å². The summed E-state index contributed by atoms with van der Waals surface area (Å²) in [7, 11) is 0. The van der Waals surface area contributed by atoms with Crippen LogP contribution in [0.5, 0.6) is 11.5 Å². The van der Waals surface area contributed by atoms with Gasteiger partial charge in [-0.05, 0) is 24.6 Å². The number of Topliss-reactive ketones (excluding diaryl/α,β-unsaturated/α-hetero) is 1. The van der Waals surface area contributed by atoms with Gasteiger partial charge in [-0.25, -0.2) is 0 Å². The smallest absolute Gasteiger partial charge is 0.406 e. The van der Waals surface area contributed by atoms with E-state index in [0.29, 0.717) is 18.2 Å². The van der Waals surface area contributed by atoms with Crippen molar-refractivity contribution in [3.8, 4) is 11.5 Å². The highest BCUT2D eigenvalue weighted by Crippen LogP contribution is 2.34. The van der Waals surface area contributed by atoms with Crippen LogP contribution in [0.1, 0.15) is 17.9 Å². The lowest BCUT2D eigenvalue weighted by Crippen LogP contribution is -2.19. The number of alkyl halides is 7. The molecule has 0 aromatic heterocycles. The number of carbonyl (C=O) groups excluding carboxylic acids is 1. The number of carbonyl (C=O) groups is 1. The number of ketones is 1. The second-order valence-electron chi connectivity index (χ2n) is 3.81. The Morgan fingerprint density at radius 2 is 1.38 bits per heavy atom. The summed E-state index contributed by atoms with van der Waals surface area (Å²) in [6.45, 7) is 1.03. The molecule has 0 aliphatic heterocycles. The third-order valence-electron chi connectivity index (χ3n) is 2.02. The van der Waals surface area contributed by atoms with Crippen molar-refractivity contribution in [3.63, 3.8) is 0 Å². The fraction of sp³-hybridized carbons (Fsp3) is 0.364. The zero-order chi connectivity index (χ0) is 16.4. The van der Waals surface area contributed by atoms with Gasteiger partial charge in [0.1, 0.15) is 16.9 Å². The molecule has 1 rings (SSSR count). The molecule has 10 heteroatoms. The van der Waals surface area contributed by atoms with Crippen LogP contribution in [-0.2, 0) is 4.79 Å². The zero-order valence-corrected chi connectivity index (χ0v) is 10.9. The number of hydrogen-bond donors (Lipinski definition) is 0. The Balaban J connectivity index is 3.22. The summed E-state index contributed by atoms with van der Waals surface area (Å²) in [5.74, 6) is -2.63. The number of ether oxygens (including phenoxy) is 2. The average molecular weight is 337 g/mol. The number of benzene rings is 1. The molecule has 0 spiro atoms. The number of rotatable bonds is 4. The second-order valence-corrected chi connectivity index (χ2v) is 4.24. The van der Waals surface area contributed by atoms with E-state index in [-0.39, 0.29) is 5.56 Å². The van der Waals surface area contributed by atoms with Crippen molar-refractivity contribution < 1.29 is 40.6 Å². The Bertz CT molecular complexity index is 491. The molecule has 1 atom stereocenters. The van der Waals surface area contributed by atoms with Gasteiger partial charge in [-0.2, -0.15) is 0 Å². The lowest BCUT2D eigenvalue weighted by molar-refractivity contribution is -0.276. The highest BCUT2D eigenvalue weighted by molar-refractivity contribution is 6.30. The van der Waals surface area contributed by atoms with Crippen LogP contribution in [0.4, 0.5) is 26.3 Å². The van der Waals surface area contributed by atoms with E-state index in [1.807, 2.05) is 0 Å².